The van der Waals surface area contributed by atoms with Gasteiger partial charge in [-0.05, 0) is 30.5 Å². The van der Waals surface area contributed by atoms with Crippen LogP contribution in [0.2, 0.25) is 0 Å². The number of rotatable bonds is 7. The zero-order valence-electron chi connectivity index (χ0n) is 14.3. The lowest BCUT2D eigenvalue weighted by atomic mass is 10.1. The Morgan fingerprint density at radius 1 is 1.15 bits per heavy atom. The molecule has 1 heterocycles. The van der Waals surface area contributed by atoms with Crippen molar-refractivity contribution in [2.24, 2.45) is 5.73 Å². The Bertz CT molecular complexity index is 693. The highest BCUT2D eigenvalue weighted by molar-refractivity contribution is 7.89. The molecule has 1 aliphatic rings. The van der Waals surface area contributed by atoms with E-state index in [1.54, 1.807) is 0 Å². The van der Waals surface area contributed by atoms with Gasteiger partial charge >= 0.3 is 0 Å². The number of piperidine rings is 1. The molecule has 0 aliphatic carbocycles. The second-order valence-electron chi connectivity index (χ2n) is 6.12. The average Bonchev–Trinajstić information content (AvgIpc) is 2.61. The van der Waals surface area contributed by atoms with Gasteiger partial charge in [0.05, 0.1) is 24.4 Å². The Morgan fingerprint density at radius 2 is 1.73 bits per heavy atom. The maximum atomic E-state index is 13.0. The van der Waals surface area contributed by atoms with Crippen LogP contribution in [0.5, 0.6) is 0 Å². The molecule has 0 spiro atoms. The first kappa shape index (κ1) is 22.8. The topological polar surface area (TPSA) is 92.5 Å². The average molecular weight is 412 g/mol. The van der Waals surface area contributed by atoms with Crippen LogP contribution >= 0.6 is 12.4 Å². The van der Waals surface area contributed by atoms with E-state index in [9.17, 15) is 22.0 Å². The Kier molecular flexibility index (Phi) is 8.39. The summed E-state index contributed by atoms with van der Waals surface area (Å²) in [6.07, 6.45) is 2.63. The molecule has 1 amide bonds. The van der Waals surface area contributed by atoms with E-state index >= 15 is 0 Å². The van der Waals surface area contributed by atoms with Gasteiger partial charge in [0.2, 0.25) is 15.9 Å². The number of carbonyl (C=O) groups excluding carboxylic acids is 1. The molecular weight excluding hydrogens is 388 g/mol. The number of alkyl halides is 2. The van der Waals surface area contributed by atoms with Gasteiger partial charge in [-0.1, -0.05) is 18.6 Å². The number of amides is 1. The quantitative estimate of drug-likeness (QED) is 0.711. The van der Waals surface area contributed by atoms with Gasteiger partial charge in [0.15, 0.2) is 0 Å². The molecule has 1 aromatic rings. The molecular formula is C16H24ClF2N3O3S. The number of halogens is 3. The van der Waals surface area contributed by atoms with Crippen molar-refractivity contribution in [3.05, 3.63) is 29.8 Å². The third-order valence-electron chi connectivity index (χ3n) is 4.08. The van der Waals surface area contributed by atoms with Crippen LogP contribution in [-0.4, -0.2) is 50.7 Å². The molecule has 148 valence electrons. The maximum Gasteiger partial charge on any atom is 0.277 e. The van der Waals surface area contributed by atoms with E-state index in [0.29, 0.717) is 18.7 Å². The minimum atomic E-state index is -3.52. The maximum absolute atomic E-state index is 13.0. The standard InChI is InChI=1S/C16H23F2N3O3S.ClH/c17-16(18,11-19)12-20-15(22)10-13-4-6-14(7-5-13)25(23,24)21-8-2-1-3-9-21;/h4-7H,1-3,8-12,19H2,(H,20,22);1H. The molecule has 0 aromatic heterocycles. The number of carbonyl (C=O) groups is 1. The van der Waals surface area contributed by atoms with Crippen molar-refractivity contribution < 1.29 is 22.0 Å². The van der Waals surface area contributed by atoms with Crippen molar-refractivity contribution in [2.75, 3.05) is 26.2 Å². The van der Waals surface area contributed by atoms with Crippen molar-refractivity contribution in [3.63, 3.8) is 0 Å². The minimum Gasteiger partial charge on any atom is -0.350 e. The van der Waals surface area contributed by atoms with Gasteiger partial charge in [-0.2, -0.15) is 4.31 Å². The fraction of sp³-hybridized carbons (Fsp3) is 0.562. The number of hydrogen-bond donors (Lipinski definition) is 2. The lowest BCUT2D eigenvalue weighted by molar-refractivity contribution is -0.122. The van der Waals surface area contributed by atoms with Gasteiger partial charge in [-0.15, -0.1) is 12.4 Å². The van der Waals surface area contributed by atoms with Gasteiger partial charge in [0, 0.05) is 13.1 Å². The third-order valence-corrected chi connectivity index (χ3v) is 6.00. The molecule has 1 fully saturated rings. The lowest BCUT2D eigenvalue weighted by Crippen LogP contribution is -2.42. The first-order chi connectivity index (χ1) is 11.7. The molecule has 0 atom stereocenters. The molecule has 0 saturated carbocycles. The van der Waals surface area contributed by atoms with Gasteiger partial charge in [-0.3, -0.25) is 4.79 Å². The molecule has 1 aliphatic heterocycles. The fourth-order valence-electron chi connectivity index (χ4n) is 2.58. The van der Waals surface area contributed by atoms with E-state index in [1.807, 2.05) is 0 Å². The summed E-state index contributed by atoms with van der Waals surface area (Å²) in [5, 5.41) is 2.12. The monoisotopic (exact) mass is 411 g/mol. The fourth-order valence-corrected chi connectivity index (χ4v) is 4.10. The highest BCUT2D eigenvalue weighted by Gasteiger charge is 2.27. The van der Waals surface area contributed by atoms with Crippen LogP contribution in [0.1, 0.15) is 24.8 Å². The third kappa shape index (κ3) is 6.15. The first-order valence-electron chi connectivity index (χ1n) is 8.18. The number of nitrogens with two attached hydrogens (primary N) is 1. The summed E-state index contributed by atoms with van der Waals surface area (Å²) in [6.45, 7) is -0.621. The number of hydrogen-bond acceptors (Lipinski definition) is 4. The van der Waals surface area contributed by atoms with Gasteiger partial charge in [-0.25, -0.2) is 17.2 Å². The highest BCUT2D eigenvalue weighted by Crippen LogP contribution is 2.21. The summed E-state index contributed by atoms with van der Waals surface area (Å²) in [6, 6.07) is 5.94. The van der Waals surface area contributed by atoms with Crippen LogP contribution < -0.4 is 11.1 Å². The van der Waals surface area contributed by atoms with Crippen LogP contribution in [0.25, 0.3) is 0 Å². The summed E-state index contributed by atoms with van der Waals surface area (Å²) in [5.74, 6) is -3.71. The molecule has 2 rings (SSSR count). The number of sulfonamides is 1. The minimum absolute atomic E-state index is 0. The molecule has 1 aromatic carbocycles. The summed E-state index contributed by atoms with van der Waals surface area (Å²) in [7, 11) is -3.52. The predicted octanol–water partition coefficient (Wildman–Crippen LogP) is 1.54. The summed E-state index contributed by atoms with van der Waals surface area (Å²) in [4.78, 5) is 11.9. The van der Waals surface area contributed by atoms with Crippen LogP contribution in [-0.2, 0) is 21.2 Å². The van der Waals surface area contributed by atoms with E-state index in [4.69, 9.17) is 5.73 Å². The van der Waals surface area contributed by atoms with Crippen LogP contribution in [0.3, 0.4) is 0 Å². The molecule has 10 heteroatoms. The molecule has 3 N–H and O–H groups in total. The Labute approximate surface area is 158 Å². The number of nitrogens with zero attached hydrogens (tertiary/aromatic N) is 1. The summed E-state index contributed by atoms with van der Waals surface area (Å²) >= 11 is 0. The summed E-state index contributed by atoms with van der Waals surface area (Å²) < 4.78 is 52.5. The molecule has 0 radical (unpaired) electrons. The smallest absolute Gasteiger partial charge is 0.277 e. The second kappa shape index (κ2) is 9.59. The van der Waals surface area contributed by atoms with Gasteiger partial charge in [0.1, 0.15) is 0 Å². The highest BCUT2D eigenvalue weighted by atomic mass is 35.5. The Hall–Kier alpha value is -1.29. The van der Waals surface area contributed by atoms with Crippen molar-refractivity contribution >= 4 is 28.3 Å². The van der Waals surface area contributed by atoms with Gasteiger partial charge < -0.3 is 11.1 Å². The molecule has 6 nitrogen and oxygen atoms in total. The van der Waals surface area contributed by atoms with E-state index in [2.05, 4.69) is 5.32 Å². The molecule has 0 unspecified atom stereocenters. The Morgan fingerprint density at radius 3 is 2.27 bits per heavy atom. The van der Waals surface area contributed by atoms with Crippen molar-refractivity contribution in [3.8, 4) is 0 Å². The van der Waals surface area contributed by atoms with Crippen LogP contribution in [0.4, 0.5) is 8.78 Å². The first-order valence-corrected chi connectivity index (χ1v) is 9.62. The van der Waals surface area contributed by atoms with Gasteiger partial charge in [0.25, 0.3) is 5.92 Å². The normalized spacial score (nSPS) is 16.0. The van der Waals surface area contributed by atoms with Crippen LogP contribution in [0.15, 0.2) is 29.2 Å². The molecule has 0 bridgehead atoms. The van der Waals surface area contributed by atoms with E-state index in [0.717, 1.165) is 19.3 Å². The van der Waals surface area contributed by atoms with Crippen molar-refractivity contribution in [1.82, 2.24) is 9.62 Å². The largest absolute Gasteiger partial charge is 0.350 e. The number of benzene rings is 1. The number of nitrogens with one attached hydrogen (secondary N) is 1. The second-order valence-corrected chi connectivity index (χ2v) is 8.06. The van der Waals surface area contributed by atoms with E-state index < -0.39 is 34.9 Å². The SMILES string of the molecule is Cl.NCC(F)(F)CNC(=O)Cc1ccc(S(=O)(=O)N2CCCCC2)cc1. The molecule has 26 heavy (non-hydrogen) atoms. The Balaban J connectivity index is 0.00000338. The van der Waals surface area contributed by atoms with E-state index in [1.165, 1.54) is 28.6 Å². The predicted molar refractivity (Wildman–Crippen MR) is 97.0 cm³/mol. The zero-order chi connectivity index (χ0) is 18.5. The lowest BCUT2D eigenvalue weighted by Gasteiger charge is -2.25. The zero-order valence-corrected chi connectivity index (χ0v) is 15.9. The molecule has 1 saturated heterocycles. The van der Waals surface area contributed by atoms with Crippen molar-refractivity contribution in [1.29, 1.82) is 0 Å². The summed E-state index contributed by atoms with van der Waals surface area (Å²) in [5.41, 5.74) is 5.45. The van der Waals surface area contributed by atoms with Crippen molar-refractivity contribution in [2.45, 2.75) is 36.5 Å². The van der Waals surface area contributed by atoms with Crippen LogP contribution in [0, 0.1) is 0 Å². The van der Waals surface area contributed by atoms with E-state index in [-0.39, 0.29) is 23.7 Å².